The molecule has 1 fully saturated rings. The number of nitrogens with one attached hydrogen (secondary N) is 3. The lowest BCUT2D eigenvalue weighted by Gasteiger charge is -2.21. The second-order valence-corrected chi connectivity index (χ2v) is 10.1. The van der Waals surface area contributed by atoms with Crippen molar-refractivity contribution in [2.24, 2.45) is 0 Å². The Morgan fingerprint density at radius 3 is 2.59 bits per heavy atom. The van der Waals surface area contributed by atoms with Gasteiger partial charge in [-0.3, -0.25) is 4.72 Å². The molecule has 12 heteroatoms. The number of halogens is 3. The average Bonchev–Trinajstić information content (AvgIpc) is 3.23. The number of aliphatic hydroxyl groups excluding tert-OH is 1. The molecule has 0 saturated heterocycles. The number of aromatic nitrogens is 1. The molecule has 0 spiro atoms. The fraction of sp³-hybridized carbons (Fsp3) is 0.250. The topological polar surface area (TPSA) is 116 Å². The van der Waals surface area contributed by atoms with Crippen molar-refractivity contribution in [3.05, 3.63) is 58.0 Å². The van der Waals surface area contributed by atoms with Gasteiger partial charge in [0.25, 0.3) is 10.2 Å². The summed E-state index contributed by atoms with van der Waals surface area (Å²) < 4.78 is 65.6. The van der Waals surface area contributed by atoms with Gasteiger partial charge < -0.3 is 14.8 Å². The van der Waals surface area contributed by atoms with E-state index < -0.39 is 27.4 Å². The Kier molecular flexibility index (Phi) is 6.38. The Balaban J connectivity index is 1.76. The maximum absolute atomic E-state index is 14.5. The number of aliphatic hydroxyl groups is 1. The minimum Gasteiger partial charge on any atom is -0.444 e. The first-order valence-corrected chi connectivity index (χ1v) is 12.1. The van der Waals surface area contributed by atoms with E-state index in [0.29, 0.717) is 16.4 Å². The lowest BCUT2D eigenvalue weighted by atomic mass is 10.1. The summed E-state index contributed by atoms with van der Waals surface area (Å²) in [6, 6.07) is 6.51. The summed E-state index contributed by atoms with van der Waals surface area (Å²) in [5.41, 5.74) is -0.767. The van der Waals surface area contributed by atoms with Crippen molar-refractivity contribution in [1.29, 1.82) is 0 Å². The molecule has 8 nitrogen and oxygen atoms in total. The third-order valence-corrected chi connectivity index (χ3v) is 6.84. The standard InChI is InChI=1S/C20H19F2IN4O4S/c21-12-9-14(19-24-6-8-31-19)18(26-32(29,30)27-20(3-4-20)5-7-28)17(10-12)25-16-2-1-13(23)11-15(16)22/h1-2,6,8-11,25-28H,3-5,7H2. The van der Waals surface area contributed by atoms with Crippen LogP contribution in [0.15, 0.2) is 47.2 Å². The van der Waals surface area contributed by atoms with Crippen LogP contribution in [0.25, 0.3) is 11.5 Å². The Bertz CT molecular complexity index is 1230. The van der Waals surface area contributed by atoms with Crippen molar-refractivity contribution < 1.29 is 26.7 Å². The van der Waals surface area contributed by atoms with E-state index in [0.717, 1.165) is 12.1 Å². The first kappa shape index (κ1) is 22.9. The predicted molar refractivity (Wildman–Crippen MR) is 124 cm³/mol. The molecule has 4 N–H and O–H groups in total. The molecule has 0 bridgehead atoms. The van der Waals surface area contributed by atoms with E-state index in [1.54, 1.807) is 6.07 Å². The van der Waals surface area contributed by atoms with Gasteiger partial charge in [0.2, 0.25) is 5.89 Å². The van der Waals surface area contributed by atoms with Gasteiger partial charge in [0.1, 0.15) is 17.9 Å². The molecule has 1 aliphatic carbocycles. The highest BCUT2D eigenvalue weighted by Crippen LogP contribution is 2.41. The van der Waals surface area contributed by atoms with Gasteiger partial charge in [0, 0.05) is 15.7 Å². The van der Waals surface area contributed by atoms with Gasteiger partial charge in [-0.05, 0) is 72.2 Å². The number of hydrogen-bond acceptors (Lipinski definition) is 6. The van der Waals surface area contributed by atoms with Crippen molar-refractivity contribution in [3.8, 4) is 11.5 Å². The van der Waals surface area contributed by atoms with Gasteiger partial charge in [-0.15, -0.1) is 0 Å². The van der Waals surface area contributed by atoms with Crippen LogP contribution in [0.4, 0.5) is 25.8 Å². The Morgan fingerprint density at radius 2 is 1.97 bits per heavy atom. The van der Waals surface area contributed by atoms with E-state index in [1.807, 2.05) is 22.6 Å². The Hall–Kier alpha value is -2.29. The molecule has 1 aliphatic rings. The second kappa shape index (κ2) is 8.92. The smallest absolute Gasteiger partial charge is 0.299 e. The van der Waals surface area contributed by atoms with Crippen molar-refractivity contribution in [2.75, 3.05) is 16.6 Å². The highest BCUT2D eigenvalue weighted by atomic mass is 127. The normalized spacial score (nSPS) is 14.9. The maximum atomic E-state index is 14.5. The van der Waals surface area contributed by atoms with Gasteiger partial charge in [-0.1, -0.05) is 0 Å². The van der Waals surface area contributed by atoms with Gasteiger partial charge >= 0.3 is 0 Å². The molecular formula is C20H19F2IN4O4S. The van der Waals surface area contributed by atoms with Crippen LogP contribution in [-0.2, 0) is 10.2 Å². The van der Waals surface area contributed by atoms with Gasteiger partial charge in [-0.2, -0.15) is 13.1 Å². The first-order chi connectivity index (χ1) is 15.2. The van der Waals surface area contributed by atoms with Crippen molar-refractivity contribution in [1.82, 2.24) is 9.71 Å². The van der Waals surface area contributed by atoms with E-state index in [4.69, 9.17) is 4.42 Å². The molecule has 0 radical (unpaired) electrons. The molecule has 170 valence electrons. The summed E-state index contributed by atoms with van der Waals surface area (Å²) in [7, 11) is -4.15. The van der Waals surface area contributed by atoms with E-state index in [9.17, 15) is 22.3 Å². The molecule has 32 heavy (non-hydrogen) atoms. The summed E-state index contributed by atoms with van der Waals surface area (Å²) in [5, 5.41) is 12.0. The fourth-order valence-electron chi connectivity index (χ4n) is 3.29. The zero-order valence-corrected chi connectivity index (χ0v) is 19.5. The number of hydrogen-bond donors (Lipinski definition) is 4. The van der Waals surface area contributed by atoms with Crippen LogP contribution in [-0.4, -0.2) is 30.7 Å². The number of nitrogens with zero attached hydrogens (tertiary/aromatic N) is 1. The van der Waals surface area contributed by atoms with Crippen LogP contribution in [0, 0.1) is 15.2 Å². The summed E-state index contributed by atoms with van der Waals surface area (Å²) in [4.78, 5) is 3.99. The number of anilines is 3. The number of oxazole rings is 1. The maximum Gasteiger partial charge on any atom is 0.299 e. The summed E-state index contributed by atoms with van der Waals surface area (Å²) in [6.45, 7) is -0.167. The third-order valence-electron chi connectivity index (χ3n) is 5.00. The SMILES string of the molecule is O=S(=O)(Nc1c(Nc2ccc(I)cc2F)cc(F)cc1-c1ncco1)NC1(CCO)CC1. The Labute approximate surface area is 196 Å². The monoisotopic (exact) mass is 576 g/mol. The minimum absolute atomic E-state index is 0.0233. The van der Waals surface area contributed by atoms with Crippen LogP contribution in [0.3, 0.4) is 0 Å². The molecule has 2 aromatic carbocycles. The first-order valence-electron chi connectivity index (χ1n) is 9.58. The van der Waals surface area contributed by atoms with Gasteiger partial charge in [0.15, 0.2) is 0 Å². The van der Waals surface area contributed by atoms with E-state index in [2.05, 4.69) is 19.7 Å². The van der Waals surface area contributed by atoms with E-state index >= 15 is 0 Å². The molecule has 0 atom stereocenters. The van der Waals surface area contributed by atoms with Crippen LogP contribution >= 0.6 is 22.6 Å². The molecule has 1 saturated carbocycles. The molecular weight excluding hydrogens is 557 g/mol. The summed E-state index contributed by atoms with van der Waals surface area (Å²) in [5.74, 6) is -1.32. The van der Waals surface area contributed by atoms with Crippen molar-refractivity contribution in [3.63, 3.8) is 0 Å². The molecule has 0 unspecified atom stereocenters. The van der Waals surface area contributed by atoms with Crippen LogP contribution < -0.4 is 14.8 Å². The zero-order chi connectivity index (χ0) is 22.9. The summed E-state index contributed by atoms with van der Waals surface area (Å²) in [6.07, 6.45) is 4.04. The largest absolute Gasteiger partial charge is 0.444 e. The highest BCUT2D eigenvalue weighted by molar-refractivity contribution is 14.1. The lowest BCUT2D eigenvalue weighted by Crippen LogP contribution is -2.41. The van der Waals surface area contributed by atoms with Gasteiger partial charge in [0.05, 0.1) is 28.8 Å². The predicted octanol–water partition coefficient (Wildman–Crippen LogP) is 4.13. The van der Waals surface area contributed by atoms with Crippen LogP contribution in [0.1, 0.15) is 19.3 Å². The highest BCUT2D eigenvalue weighted by Gasteiger charge is 2.45. The lowest BCUT2D eigenvalue weighted by molar-refractivity contribution is 0.267. The molecule has 4 rings (SSSR count). The second-order valence-electron chi connectivity index (χ2n) is 7.42. The van der Waals surface area contributed by atoms with Crippen molar-refractivity contribution in [2.45, 2.75) is 24.8 Å². The quantitative estimate of drug-likeness (QED) is 0.285. The molecule has 3 aromatic rings. The van der Waals surface area contributed by atoms with Crippen LogP contribution in [0.2, 0.25) is 0 Å². The molecule has 0 aliphatic heterocycles. The molecule has 1 heterocycles. The van der Waals surface area contributed by atoms with Crippen LogP contribution in [0.5, 0.6) is 0 Å². The third kappa shape index (κ3) is 5.19. The molecule has 1 aromatic heterocycles. The van der Waals surface area contributed by atoms with Gasteiger partial charge in [-0.25, -0.2) is 13.8 Å². The van der Waals surface area contributed by atoms with E-state index in [1.165, 1.54) is 24.6 Å². The average molecular weight is 576 g/mol. The minimum atomic E-state index is -4.15. The zero-order valence-electron chi connectivity index (χ0n) is 16.5. The Morgan fingerprint density at radius 1 is 1.19 bits per heavy atom. The van der Waals surface area contributed by atoms with Crippen molar-refractivity contribution >= 4 is 49.9 Å². The summed E-state index contributed by atoms with van der Waals surface area (Å²) >= 11 is 1.95. The number of rotatable bonds is 9. The number of benzene rings is 2. The van der Waals surface area contributed by atoms with E-state index in [-0.39, 0.29) is 41.5 Å². The fourth-order valence-corrected chi connectivity index (χ4v) is 5.16. The molecule has 0 amide bonds.